The van der Waals surface area contributed by atoms with Gasteiger partial charge < -0.3 is 10.6 Å². The van der Waals surface area contributed by atoms with Gasteiger partial charge in [-0.15, -0.1) is 11.3 Å². The van der Waals surface area contributed by atoms with E-state index in [1.165, 1.54) is 19.3 Å². The highest BCUT2D eigenvalue weighted by atomic mass is 32.1. The molecule has 1 saturated heterocycles. The van der Waals surface area contributed by atoms with Crippen molar-refractivity contribution in [2.75, 3.05) is 6.54 Å². The SMILES string of the molecule is CC1CCCC(NC(=O)c2csc(C3CCCN3)n2)C1C. The first kappa shape index (κ1) is 15.0. The van der Waals surface area contributed by atoms with Gasteiger partial charge in [0.25, 0.3) is 5.91 Å². The maximum atomic E-state index is 12.4. The summed E-state index contributed by atoms with van der Waals surface area (Å²) in [6.45, 7) is 5.60. The molecule has 2 fully saturated rings. The minimum atomic E-state index is 0.00134. The molecule has 4 unspecified atom stereocenters. The standard InChI is InChI=1S/C16H25N3OS/c1-10-5-3-6-12(11(10)2)18-15(20)14-9-21-16(19-14)13-7-4-8-17-13/h9-13,17H,3-8H2,1-2H3,(H,18,20). The third-order valence-corrected chi connectivity index (χ3v) is 6.09. The summed E-state index contributed by atoms with van der Waals surface area (Å²) < 4.78 is 0. The Labute approximate surface area is 130 Å². The lowest BCUT2D eigenvalue weighted by Gasteiger charge is -2.34. The van der Waals surface area contributed by atoms with Gasteiger partial charge in [-0.25, -0.2) is 4.98 Å². The molecule has 0 bridgehead atoms. The van der Waals surface area contributed by atoms with Crippen LogP contribution in [0.3, 0.4) is 0 Å². The molecule has 3 rings (SSSR count). The highest BCUT2D eigenvalue weighted by molar-refractivity contribution is 7.09. The van der Waals surface area contributed by atoms with E-state index in [-0.39, 0.29) is 5.91 Å². The van der Waals surface area contributed by atoms with Gasteiger partial charge in [0.2, 0.25) is 0 Å². The first-order chi connectivity index (χ1) is 10.1. The van der Waals surface area contributed by atoms with Gasteiger partial charge in [0.05, 0.1) is 6.04 Å². The lowest BCUT2D eigenvalue weighted by molar-refractivity contribution is 0.0886. The lowest BCUT2D eigenvalue weighted by atomic mass is 9.78. The molecule has 1 saturated carbocycles. The number of thiazole rings is 1. The zero-order valence-corrected chi connectivity index (χ0v) is 13.7. The van der Waals surface area contributed by atoms with Crippen molar-refractivity contribution in [2.45, 2.75) is 58.0 Å². The molecule has 1 aliphatic carbocycles. The van der Waals surface area contributed by atoms with Crippen LogP contribution in [0.25, 0.3) is 0 Å². The number of nitrogens with zero attached hydrogens (tertiary/aromatic N) is 1. The summed E-state index contributed by atoms with van der Waals surface area (Å²) in [5.41, 5.74) is 0.592. The van der Waals surface area contributed by atoms with Crippen molar-refractivity contribution in [1.82, 2.24) is 15.6 Å². The van der Waals surface area contributed by atoms with Gasteiger partial charge in [-0.05, 0) is 37.6 Å². The van der Waals surface area contributed by atoms with E-state index in [4.69, 9.17) is 0 Å². The third kappa shape index (κ3) is 3.29. The molecule has 2 aliphatic rings. The Morgan fingerprint density at radius 3 is 2.95 bits per heavy atom. The average Bonchev–Trinajstić information content (AvgIpc) is 3.13. The molecule has 21 heavy (non-hydrogen) atoms. The van der Waals surface area contributed by atoms with E-state index in [0.29, 0.717) is 29.6 Å². The van der Waals surface area contributed by atoms with Crippen LogP contribution in [0.2, 0.25) is 0 Å². The van der Waals surface area contributed by atoms with Crippen molar-refractivity contribution >= 4 is 17.2 Å². The van der Waals surface area contributed by atoms with Gasteiger partial charge >= 0.3 is 0 Å². The van der Waals surface area contributed by atoms with Crippen LogP contribution < -0.4 is 10.6 Å². The molecule has 4 atom stereocenters. The summed E-state index contributed by atoms with van der Waals surface area (Å²) in [6, 6.07) is 0.654. The lowest BCUT2D eigenvalue weighted by Crippen LogP contribution is -2.43. The van der Waals surface area contributed by atoms with Gasteiger partial charge in [-0.3, -0.25) is 4.79 Å². The summed E-state index contributed by atoms with van der Waals surface area (Å²) in [5.74, 6) is 1.25. The van der Waals surface area contributed by atoms with Crippen LogP contribution in [0.15, 0.2) is 5.38 Å². The predicted octanol–water partition coefficient (Wildman–Crippen LogP) is 3.12. The van der Waals surface area contributed by atoms with Crippen LogP contribution in [0.1, 0.15) is 67.5 Å². The molecule has 1 amide bonds. The summed E-state index contributed by atoms with van der Waals surface area (Å²) >= 11 is 1.60. The summed E-state index contributed by atoms with van der Waals surface area (Å²) in [6.07, 6.45) is 5.92. The molecular formula is C16H25N3OS. The Bertz CT molecular complexity index is 495. The largest absolute Gasteiger partial charge is 0.348 e. The Kier molecular flexibility index (Phi) is 4.60. The number of carbonyl (C=O) groups excluding carboxylic acids is 1. The van der Waals surface area contributed by atoms with E-state index in [9.17, 15) is 4.79 Å². The van der Waals surface area contributed by atoms with Crippen LogP contribution in [-0.2, 0) is 0 Å². The van der Waals surface area contributed by atoms with Crippen LogP contribution in [0.4, 0.5) is 0 Å². The Hall–Kier alpha value is -0.940. The number of carbonyl (C=O) groups is 1. The van der Waals surface area contributed by atoms with E-state index in [1.807, 2.05) is 5.38 Å². The van der Waals surface area contributed by atoms with Gasteiger partial charge in [0.1, 0.15) is 10.7 Å². The molecule has 1 aromatic heterocycles. The summed E-state index contributed by atoms with van der Waals surface area (Å²) in [7, 11) is 0. The zero-order chi connectivity index (χ0) is 14.8. The second-order valence-corrected chi connectivity index (χ2v) is 7.46. The number of rotatable bonds is 3. The van der Waals surface area contributed by atoms with Gasteiger partial charge in [0, 0.05) is 11.4 Å². The monoisotopic (exact) mass is 307 g/mol. The van der Waals surface area contributed by atoms with Crippen LogP contribution in [0, 0.1) is 11.8 Å². The quantitative estimate of drug-likeness (QED) is 0.902. The van der Waals surface area contributed by atoms with Crippen LogP contribution in [0.5, 0.6) is 0 Å². The van der Waals surface area contributed by atoms with Crippen molar-refractivity contribution in [2.24, 2.45) is 11.8 Å². The number of hydrogen-bond acceptors (Lipinski definition) is 4. The second-order valence-electron chi connectivity index (χ2n) is 6.57. The maximum Gasteiger partial charge on any atom is 0.270 e. The maximum absolute atomic E-state index is 12.4. The summed E-state index contributed by atoms with van der Waals surface area (Å²) in [4.78, 5) is 17.0. The number of aromatic nitrogens is 1. The minimum Gasteiger partial charge on any atom is -0.348 e. The first-order valence-corrected chi connectivity index (χ1v) is 9.03. The molecule has 2 heterocycles. The Morgan fingerprint density at radius 2 is 2.19 bits per heavy atom. The normalized spacial score (nSPS) is 33.0. The molecule has 0 aromatic carbocycles. The van der Waals surface area contributed by atoms with Gasteiger partial charge in [-0.1, -0.05) is 26.7 Å². The molecule has 0 radical (unpaired) electrons. The van der Waals surface area contributed by atoms with Crippen molar-refractivity contribution in [3.63, 3.8) is 0 Å². The fraction of sp³-hybridized carbons (Fsp3) is 0.750. The van der Waals surface area contributed by atoms with Crippen molar-refractivity contribution in [3.8, 4) is 0 Å². The van der Waals surface area contributed by atoms with E-state index in [1.54, 1.807) is 11.3 Å². The van der Waals surface area contributed by atoms with Gasteiger partial charge in [-0.2, -0.15) is 0 Å². The van der Waals surface area contributed by atoms with Crippen LogP contribution >= 0.6 is 11.3 Å². The topological polar surface area (TPSA) is 54.0 Å². The minimum absolute atomic E-state index is 0.00134. The number of amides is 1. The second kappa shape index (κ2) is 6.44. The number of hydrogen-bond donors (Lipinski definition) is 2. The van der Waals surface area contributed by atoms with E-state index in [0.717, 1.165) is 24.4 Å². The molecular weight excluding hydrogens is 282 g/mol. The first-order valence-electron chi connectivity index (χ1n) is 8.15. The molecule has 1 aromatic rings. The predicted molar refractivity (Wildman–Crippen MR) is 85.5 cm³/mol. The van der Waals surface area contributed by atoms with Crippen molar-refractivity contribution in [3.05, 3.63) is 16.1 Å². The van der Waals surface area contributed by atoms with Crippen LogP contribution in [-0.4, -0.2) is 23.5 Å². The van der Waals surface area contributed by atoms with E-state index < -0.39 is 0 Å². The molecule has 0 spiro atoms. The Balaban J connectivity index is 1.62. The smallest absolute Gasteiger partial charge is 0.270 e. The highest BCUT2D eigenvalue weighted by Gasteiger charge is 2.29. The third-order valence-electron chi connectivity index (χ3n) is 5.14. The van der Waals surface area contributed by atoms with E-state index >= 15 is 0 Å². The molecule has 116 valence electrons. The average molecular weight is 307 g/mol. The molecule has 1 aliphatic heterocycles. The highest BCUT2D eigenvalue weighted by Crippen LogP contribution is 2.30. The molecule has 2 N–H and O–H groups in total. The summed E-state index contributed by atoms with van der Waals surface area (Å²) in [5, 5.41) is 9.60. The molecule has 4 nitrogen and oxygen atoms in total. The fourth-order valence-electron chi connectivity index (χ4n) is 3.48. The number of nitrogens with one attached hydrogen (secondary N) is 2. The Morgan fingerprint density at radius 1 is 1.33 bits per heavy atom. The van der Waals surface area contributed by atoms with Crippen molar-refractivity contribution < 1.29 is 4.79 Å². The van der Waals surface area contributed by atoms with Crippen molar-refractivity contribution in [1.29, 1.82) is 0 Å². The van der Waals surface area contributed by atoms with E-state index in [2.05, 4.69) is 29.5 Å². The molecule has 5 heteroatoms. The van der Waals surface area contributed by atoms with Gasteiger partial charge in [0.15, 0.2) is 0 Å². The fourth-order valence-corrected chi connectivity index (χ4v) is 4.38. The zero-order valence-electron chi connectivity index (χ0n) is 12.9.